The number of carbonyl (C=O) groups excluding carboxylic acids is 1. The Hall–Kier alpha value is -3.70. The van der Waals surface area contributed by atoms with Crippen LogP contribution in [0.5, 0.6) is 0 Å². The fourth-order valence-corrected chi connectivity index (χ4v) is 4.79. The number of benzene rings is 3. The maximum atomic E-state index is 14.8. The number of nitrogens with one attached hydrogen (secondary N) is 1. The molecule has 0 saturated carbocycles. The summed E-state index contributed by atoms with van der Waals surface area (Å²) in [6.45, 7) is 1.72. The molecule has 4 rings (SSSR count). The second kappa shape index (κ2) is 11.5. The highest BCUT2D eigenvalue weighted by Crippen LogP contribution is 2.39. The van der Waals surface area contributed by atoms with Crippen molar-refractivity contribution in [3.8, 4) is 0 Å². The second-order valence-corrected chi connectivity index (χ2v) is 10.3. The SMILES string of the molecule is Cc1ccc(C[C@@](NC(=O)c2ccc(F)c(C(F)(F)F)c2)(c2cc(F)cc(C(F)(F)F)c2)c2ccc(Cl)cn2)c(Cl)c1. The molecule has 3 aromatic carbocycles. The summed E-state index contributed by atoms with van der Waals surface area (Å²) >= 11 is 12.4. The average Bonchev–Trinajstić information content (AvgIpc) is 2.89. The minimum atomic E-state index is -5.16. The molecule has 0 aliphatic rings. The highest BCUT2D eigenvalue weighted by Gasteiger charge is 2.42. The van der Waals surface area contributed by atoms with Crippen molar-refractivity contribution in [3.63, 3.8) is 0 Å². The van der Waals surface area contributed by atoms with E-state index in [0.717, 1.165) is 23.9 Å². The van der Waals surface area contributed by atoms with Crippen molar-refractivity contribution >= 4 is 29.1 Å². The first kappa shape index (κ1) is 31.2. The molecule has 1 aromatic heterocycles. The van der Waals surface area contributed by atoms with E-state index in [1.165, 1.54) is 18.2 Å². The Morgan fingerprint density at radius 3 is 2.12 bits per heavy atom. The van der Waals surface area contributed by atoms with Crippen molar-refractivity contribution in [1.29, 1.82) is 0 Å². The van der Waals surface area contributed by atoms with Crippen LogP contribution in [0.25, 0.3) is 0 Å². The lowest BCUT2D eigenvalue weighted by Gasteiger charge is -2.36. The molecule has 3 nitrogen and oxygen atoms in total. The van der Waals surface area contributed by atoms with Crippen LogP contribution in [0.4, 0.5) is 35.1 Å². The second-order valence-electron chi connectivity index (χ2n) is 9.41. The summed E-state index contributed by atoms with van der Waals surface area (Å²) in [5.74, 6) is -4.21. The van der Waals surface area contributed by atoms with Crippen molar-refractivity contribution in [1.82, 2.24) is 10.3 Å². The Morgan fingerprint density at radius 2 is 1.52 bits per heavy atom. The number of alkyl halides is 6. The van der Waals surface area contributed by atoms with Crippen LogP contribution in [0.2, 0.25) is 10.0 Å². The average molecular weight is 633 g/mol. The van der Waals surface area contributed by atoms with E-state index in [1.54, 1.807) is 19.1 Å². The number of nitrogens with zero attached hydrogens (tertiary/aromatic N) is 1. The van der Waals surface area contributed by atoms with Gasteiger partial charge in [-0.05, 0) is 78.2 Å². The van der Waals surface area contributed by atoms with Crippen molar-refractivity contribution in [3.05, 3.63) is 134 Å². The lowest BCUT2D eigenvalue weighted by molar-refractivity contribution is -0.140. The van der Waals surface area contributed by atoms with Crippen molar-refractivity contribution in [2.24, 2.45) is 0 Å². The van der Waals surface area contributed by atoms with Gasteiger partial charge in [-0.15, -0.1) is 0 Å². The quantitative estimate of drug-likeness (QED) is 0.216. The van der Waals surface area contributed by atoms with E-state index in [1.807, 2.05) is 0 Å². The van der Waals surface area contributed by atoms with E-state index in [9.17, 15) is 39.9 Å². The molecular weight excluding hydrogens is 615 g/mol. The molecule has 0 aliphatic carbocycles. The zero-order valence-corrected chi connectivity index (χ0v) is 22.8. The van der Waals surface area contributed by atoms with Gasteiger partial charge < -0.3 is 5.32 Å². The molecule has 0 spiro atoms. The lowest BCUT2D eigenvalue weighted by atomic mass is 9.79. The van der Waals surface area contributed by atoms with Gasteiger partial charge in [0.05, 0.1) is 21.8 Å². The molecule has 220 valence electrons. The standard InChI is InChI=1S/C29H18Cl2F8N2O/c1-15-2-3-17(23(31)8-15)13-27(25-7-5-20(30)14-40-25,18-10-19(28(34,35)36)12-21(32)11-18)41-26(42)16-4-6-24(33)22(9-16)29(37,38)39/h2-12,14H,13H2,1H3,(H,41,42)/t27-/m1/s1. The molecule has 0 unspecified atom stereocenters. The summed E-state index contributed by atoms with van der Waals surface area (Å²) < 4.78 is 110. The number of amides is 1. The van der Waals surface area contributed by atoms with Crippen LogP contribution in [0, 0.1) is 18.6 Å². The fourth-order valence-electron chi connectivity index (χ4n) is 4.38. The number of aryl methyl sites for hydroxylation is 1. The summed E-state index contributed by atoms with van der Waals surface area (Å²) in [5, 5.41) is 2.71. The first-order valence-electron chi connectivity index (χ1n) is 11.9. The molecule has 0 aliphatic heterocycles. The fraction of sp³-hybridized carbons (Fsp3) is 0.172. The molecular formula is C29H18Cl2F8N2O. The van der Waals surface area contributed by atoms with Gasteiger partial charge in [-0.3, -0.25) is 9.78 Å². The molecule has 0 radical (unpaired) electrons. The van der Waals surface area contributed by atoms with Crippen LogP contribution in [0.3, 0.4) is 0 Å². The minimum Gasteiger partial charge on any atom is -0.337 e. The Labute approximate surface area is 244 Å². The molecule has 1 heterocycles. The zero-order chi connectivity index (χ0) is 31.0. The number of rotatable bonds is 6. The normalized spacial score (nSPS) is 13.5. The van der Waals surface area contributed by atoms with Crippen LogP contribution < -0.4 is 5.32 Å². The van der Waals surface area contributed by atoms with E-state index >= 15 is 0 Å². The molecule has 1 atom stereocenters. The Bertz CT molecular complexity index is 1640. The molecule has 0 bridgehead atoms. The third-order valence-corrected chi connectivity index (χ3v) is 6.98. The lowest BCUT2D eigenvalue weighted by Crippen LogP contribution is -2.49. The van der Waals surface area contributed by atoms with Gasteiger partial charge in [-0.1, -0.05) is 35.3 Å². The molecule has 4 aromatic rings. The van der Waals surface area contributed by atoms with Crippen molar-refractivity contribution in [2.75, 3.05) is 0 Å². The number of halogens is 10. The zero-order valence-electron chi connectivity index (χ0n) is 21.3. The predicted octanol–water partition coefficient (Wildman–Crippen LogP) is 8.93. The first-order chi connectivity index (χ1) is 19.5. The van der Waals surface area contributed by atoms with Crippen molar-refractivity contribution < 1.29 is 39.9 Å². The molecule has 0 saturated heterocycles. The summed E-state index contributed by atoms with van der Waals surface area (Å²) in [4.78, 5) is 17.7. The number of carbonyl (C=O) groups is 1. The maximum absolute atomic E-state index is 14.8. The number of pyridine rings is 1. The predicted molar refractivity (Wildman–Crippen MR) is 140 cm³/mol. The van der Waals surface area contributed by atoms with E-state index in [-0.39, 0.29) is 33.4 Å². The van der Waals surface area contributed by atoms with Crippen LogP contribution in [-0.4, -0.2) is 10.9 Å². The highest BCUT2D eigenvalue weighted by molar-refractivity contribution is 6.31. The third kappa shape index (κ3) is 6.68. The van der Waals surface area contributed by atoms with Crippen LogP contribution in [-0.2, 0) is 24.3 Å². The van der Waals surface area contributed by atoms with Gasteiger partial charge in [0.25, 0.3) is 5.91 Å². The van der Waals surface area contributed by atoms with Crippen LogP contribution in [0.15, 0.2) is 72.9 Å². The summed E-state index contributed by atoms with van der Waals surface area (Å²) in [6, 6.07) is 10.3. The maximum Gasteiger partial charge on any atom is 0.419 e. The topological polar surface area (TPSA) is 42.0 Å². The molecule has 42 heavy (non-hydrogen) atoms. The summed E-state index contributed by atoms with van der Waals surface area (Å²) in [5.41, 5.74) is -5.58. The first-order valence-corrected chi connectivity index (χ1v) is 12.7. The van der Waals surface area contributed by atoms with E-state index < -0.39 is 64.1 Å². The van der Waals surface area contributed by atoms with E-state index in [4.69, 9.17) is 23.2 Å². The monoisotopic (exact) mass is 632 g/mol. The number of hydrogen-bond donors (Lipinski definition) is 1. The van der Waals surface area contributed by atoms with Gasteiger partial charge in [0.15, 0.2) is 0 Å². The van der Waals surface area contributed by atoms with Crippen LogP contribution in [0.1, 0.15) is 43.9 Å². The smallest absolute Gasteiger partial charge is 0.337 e. The Morgan fingerprint density at radius 1 is 0.833 bits per heavy atom. The van der Waals surface area contributed by atoms with Gasteiger partial charge in [0.1, 0.15) is 17.2 Å². The Kier molecular flexibility index (Phi) is 8.57. The van der Waals surface area contributed by atoms with Gasteiger partial charge in [-0.25, -0.2) is 8.78 Å². The summed E-state index contributed by atoms with van der Waals surface area (Å²) in [6.07, 6.45) is -9.48. The van der Waals surface area contributed by atoms with Gasteiger partial charge >= 0.3 is 12.4 Å². The van der Waals surface area contributed by atoms with Crippen LogP contribution >= 0.6 is 23.2 Å². The van der Waals surface area contributed by atoms with E-state index in [0.29, 0.717) is 12.1 Å². The van der Waals surface area contributed by atoms with E-state index in [2.05, 4.69) is 10.3 Å². The number of aromatic nitrogens is 1. The number of hydrogen-bond acceptors (Lipinski definition) is 2. The molecule has 1 N–H and O–H groups in total. The van der Waals surface area contributed by atoms with Crippen molar-refractivity contribution in [2.45, 2.75) is 31.2 Å². The summed E-state index contributed by atoms with van der Waals surface area (Å²) in [7, 11) is 0. The third-order valence-electron chi connectivity index (χ3n) is 6.41. The largest absolute Gasteiger partial charge is 0.419 e. The highest BCUT2D eigenvalue weighted by atomic mass is 35.5. The van der Waals surface area contributed by atoms with Gasteiger partial charge in [-0.2, -0.15) is 26.3 Å². The minimum absolute atomic E-state index is 0.107. The van der Waals surface area contributed by atoms with Gasteiger partial charge in [0, 0.05) is 23.2 Å². The molecule has 1 amide bonds. The Balaban J connectivity index is 2.01. The molecule has 0 fully saturated rings. The van der Waals surface area contributed by atoms with Gasteiger partial charge in [0.2, 0.25) is 0 Å². The molecule has 13 heteroatoms.